The van der Waals surface area contributed by atoms with Crippen LogP contribution in [0, 0.1) is 6.92 Å². The highest BCUT2D eigenvalue weighted by Gasteiger charge is 2.17. The van der Waals surface area contributed by atoms with E-state index in [-0.39, 0.29) is 23.9 Å². The summed E-state index contributed by atoms with van der Waals surface area (Å²) in [6, 6.07) is 4.93. The van der Waals surface area contributed by atoms with E-state index in [4.69, 9.17) is 16.7 Å². The molecule has 0 saturated carbocycles. The Labute approximate surface area is 122 Å². The molecule has 2 atom stereocenters. The summed E-state index contributed by atoms with van der Waals surface area (Å²) < 4.78 is 0. The molecule has 0 bridgehead atoms. The second-order valence-corrected chi connectivity index (χ2v) is 5.74. The third kappa shape index (κ3) is 4.60. The van der Waals surface area contributed by atoms with Gasteiger partial charge < -0.3 is 15.7 Å². The van der Waals surface area contributed by atoms with Crippen LogP contribution < -0.4 is 10.6 Å². The van der Waals surface area contributed by atoms with Crippen LogP contribution in [-0.4, -0.2) is 35.3 Å². The molecular weight excluding hydrogens is 284 g/mol. The Morgan fingerprint density at radius 3 is 2.79 bits per heavy atom. The molecule has 2 unspecified atom stereocenters. The van der Waals surface area contributed by atoms with Crippen molar-refractivity contribution in [2.24, 2.45) is 0 Å². The monoisotopic (exact) mass is 302 g/mol. The van der Waals surface area contributed by atoms with E-state index in [0.717, 1.165) is 5.56 Å². The standard InChI is InChI=1S/C13H19ClN2O2S/c1-8-10(14)5-4-6-11(8)16-13(18)15-9(2)12(7-17)19-3/h4-6,9,12,17H,7H2,1-3H3,(H2,15,16,18). The first-order valence-corrected chi connectivity index (χ1v) is 7.62. The maximum atomic E-state index is 11.9. The molecule has 0 aliphatic rings. The molecule has 0 aliphatic carbocycles. The lowest BCUT2D eigenvalue weighted by atomic mass is 10.2. The highest BCUT2D eigenvalue weighted by Crippen LogP contribution is 2.22. The molecule has 0 aliphatic heterocycles. The molecular formula is C13H19ClN2O2S. The number of carbonyl (C=O) groups excluding carboxylic acids is 1. The Balaban J connectivity index is 2.63. The van der Waals surface area contributed by atoms with Crippen molar-refractivity contribution in [1.29, 1.82) is 0 Å². The van der Waals surface area contributed by atoms with Crippen LogP contribution in [0.2, 0.25) is 5.02 Å². The third-order valence-electron chi connectivity index (χ3n) is 2.92. The largest absolute Gasteiger partial charge is 0.395 e. The number of aliphatic hydroxyl groups excluding tert-OH is 1. The molecule has 3 N–H and O–H groups in total. The van der Waals surface area contributed by atoms with Gasteiger partial charge in [-0.05, 0) is 37.8 Å². The topological polar surface area (TPSA) is 61.4 Å². The zero-order valence-electron chi connectivity index (χ0n) is 11.2. The number of benzene rings is 1. The summed E-state index contributed by atoms with van der Waals surface area (Å²) in [6.07, 6.45) is 1.90. The van der Waals surface area contributed by atoms with E-state index in [2.05, 4.69) is 10.6 Å². The van der Waals surface area contributed by atoms with Crippen molar-refractivity contribution in [3.05, 3.63) is 28.8 Å². The lowest BCUT2D eigenvalue weighted by molar-refractivity contribution is 0.243. The van der Waals surface area contributed by atoms with Gasteiger partial charge in [0.25, 0.3) is 0 Å². The van der Waals surface area contributed by atoms with Crippen LogP contribution in [0.15, 0.2) is 18.2 Å². The number of anilines is 1. The Morgan fingerprint density at radius 1 is 1.53 bits per heavy atom. The fraction of sp³-hybridized carbons (Fsp3) is 0.462. The van der Waals surface area contributed by atoms with Crippen molar-refractivity contribution in [1.82, 2.24) is 5.32 Å². The number of carbonyl (C=O) groups is 1. The average Bonchev–Trinajstić information content (AvgIpc) is 2.36. The molecule has 6 heteroatoms. The van der Waals surface area contributed by atoms with Crippen molar-refractivity contribution < 1.29 is 9.90 Å². The highest BCUT2D eigenvalue weighted by molar-refractivity contribution is 7.99. The lowest BCUT2D eigenvalue weighted by Crippen LogP contribution is -2.43. The van der Waals surface area contributed by atoms with Crippen LogP contribution in [0.25, 0.3) is 0 Å². The number of rotatable bonds is 5. The van der Waals surface area contributed by atoms with Gasteiger partial charge in [0.05, 0.1) is 6.61 Å². The van der Waals surface area contributed by atoms with E-state index in [1.807, 2.05) is 20.1 Å². The SMILES string of the molecule is CSC(CO)C(C)NC(=O)Nc1cccc(Cl)c1C. The quantitative estimate of drug-likeness (QED) is 0.784. The predicted octanol–water partition coefficient (Wildman–Crippen LogP) is 2.88. The molecule has 1 aromatic rings. The van der Waals surface area contributed by atoms with Crippen LogP contribution in [-0.2, 0) is 0 Å². The Morgan fingerprint density at radius 2 is 2.21 bits per heavy atom. The molecule has 0 radical (unpaired) electrons. The van der Waals surface area contributed by atoms with Gasteiger partial charge in [-0.25, -0.2) is 4.79 Å². The molecule has 4 nitrogen and oxygen atoms in total. The summed E-state index contributed by atoms with van der Waals surface area (Å²) in [5.74, 6) is 0. The number of amides is 2. The zero-order chi connectivity index (χ0) is 14.4. The van der Waals surface area contributed by atoms with Gasteiger partial charge in [0.15, 0.2) is 0 Å². The normalized spacial score (nSPS) is 13.7. The van der Waals surface area contributed by atoms with Gasteiger partial charge in [-0.1, -0.05) is 17.7 Å². The van der Waals surface area contributed by atoms with E-state index in [1.165, 1.54) is 11.8 Å². The molecule has 2 amide bonds. The first-order valence-electron chi connectivity index (χ1n) is 5.95. The van der Waals surface area contributed by atoms with Gasteiger partial charge in [-0.2, -0.15) is 11.8 Å². The number of aliphatic hydroxyl groups is 1. The van der Waals surface area contributed by atoms with E-state index < -0.39 is 0 Å². The van der Waals surface area contributed by atoms with Gasteiger partial charge in [-0.15, -0.1) is 0 Å². The minimum atomic E-state index is -0.301. The van der Waals surface area contributed by atoms with Crippen LogP contribution >= 0.6 is 23.4 Å². The van der Waals surface area contributed by atoms with E-state index >= 15 is 0 Å². The summed E-state index contributed by atoms with van der Waals surface area (Å²) in [5.41, 5.74) is 1.51. The smallest absolute Gasteiger partial charge is 0.319 e. The molecule has 0 spiro atoms. The Kier molecular flexibility index (Phi) is 6.48. The maximum Gasteiger partial charge on any atom is 0.319 e. The van der Waals surface area contributed by atoms with Crippen LogP contribution in [0.1, 0.15) is 12.5 Å². The van der Waals surface area contributed by atoms with Crippen molar-refractivity contribution >= 4 is 35.1 Å². The lowest BCUT2D eigenvalue weighted by Gasteiger charge is -2.21. The maximum absolute atomic E-state index is 11.9. The van der Waals surface area contributed by atoms with Crippen molar-refractivity contribution in [3.63, 3.8) is 0 Å². The summed E-state index contributed by atoms with van der Waals surface area (Å²) in [4.78, 5) is 11.9. The molecule has 106 valence electrons. The summed E-state index contributed by atoms with van der Waals surface area (Å²) in [5, 5.41) is 15.3. The number of urea groups is 1. The minimum Gasteiger partial charge on any atom is -0.395 e. The number of hydrogen-bond donors (Lipinski definition) is 3. The number of thioether (sulfide) groups is 1. The van der Waals surface area contributed by atoms with E-state index in [1.54, 1.807) is 18.2 Å². The van der Waals surface area contributed by atoms with Crippen molar-refractivity contribution in [3.8, 4) is 0 Å². The second-order valence-electron chi connectivity index (χ2n) is 4.26. The van der Waals surface area contributed by atoms with Crippen LogP contribution in [0.4, 0.5) is 10.5 Å². The molecule has 1 rings (SSSR count). The average molecular weight is 303 g/mol. The molecule has 0 fully saturated rings. The number of nitrogens with one attached hydrogen (secondary N) is 2. The van der Waals surface area contributed by atoms with Crippen molar-refractivity contribution in [2.45, 2.75) is 25.1 Å². The van der Waals surface area contributed by atoms with Gasteiger partial charge in [0.2, 0.25) is 0 Å². The number of hydrogen-bond acceptors (Lipinski definition) is 3. The third-order valence-corrected chi connectivity index (χ3v) is 4.49. The molecule has 1 aromatic carbocycles. The molecule has 0 heterocycles. The molecule has 19 heavy (non-hydrogen) atoms. The summed E-state index contributed by atoms with van der Waals surface area (Å²) in [6.45, 7) is 3.74. The van der Waals surface area contributed by atoms with Gasteiger partial charge >= 0.3 is 6.03 Å². The Hall–Kier alpha value is -0.910. The van der Waals surface area contributed by atoms with Crippen LogP contribution in [0.3, 0.4) is 0 Å². The fourth-order valence-corrected chi connectivity index (χ4v) is 2.44. The van der Waals surface area contributed by atoms with Gasteiger partial charge in [0.1, 0.15) is 0 Å². The highest BCUT2D eigenvalue weighted by atomic mass is 35.5. The zero-order valence-corrected chi connectivity index (χ0v) is 12.8. The van der Waals surface area contributed by atoms with Gasteiger partial charge in [-0.3, -0.25) is 0 Å². The summed E-state index contributed by atoms with van der Waals surface area (Å²) in [7, 11) is 0. The van der Waals surface area contributed by atoms with Crippen molar-refractivity contribution in [2.75, 3.05) is 18.2 Å². The summed E-state index contributed by atoms with van der Waals surface area (Å²) >= 11 is 7.51. The Bertz CT molecular complexity index is 439. The van der Waals surface area contributed by atoms with Crippen LogP contribution in [0.5, 0.6) is 0 Å². The number of halogens is 1. The first kappa shape index (κ1) is 16.1. The van der Waals surface area contributed by atoms with E-state index in [0.29, 0.717) is 10.7 Å². The minimum absolute atomic E-state index is 0.0220. The van der Waals surface area contributed by atoms with Gasteiger partial charge in [0, 0.05) is 22.0 Å². The predicted molar refractivity (Wildman–Crippen MR) is 82.2 cm³/mol. The van der Waals surface area contributed by atoms with E-state index in [9.17, 15) is 4.79 Å². The second kappa shape index (κ2) is 7.62. The fourth-order valence-electron chi connectivity index (χ4n) is 1.64. The first-order chi connectivity index (χ1) is 8.99. The molecule has 0 aromatic heterocycles. The molecule has 0 saturated heterocycles.